The zero-order chi connectivity index (χ0) is 15.1. The van der Waals surface area contributed by atoms with Crippen LogP contribution in [-0.4, -0.2) is 11.5 Å². The van der Waals surface area contributed by atoms with Gasteiger partial charge in [-0.2, -0.15) is 0 Å². The van der Waals surface area contributed by atoms with Gasteiger partial charge in [-0.05, 0) is 44.0 Å². The highest BCUT2D eigenvalue weighted by Crippen LogP contribution is 2.22. The summed E-state index contributed by atoms with van der Waals surface area (Å²) in [4.78, 5) is 4.57. The highest BCUT2D eigenvalue weighted by atomic mass is 32.2. The Morgan fingerprint density at radius 3 is 2.76 bits per heavy atom. The Morgan fingerprint density at radius 2 is 2.10 bits per heavy atom. The van der Waals surface area contributed by atoms with Crippen molar-refractivity contribution in [3.05, 3.63) is 59.3 Å². The lowest BCUT2D eigenvalue weighted by atomic mass is 10.1. The van der Waals surface area contributed by atoms with Crippen LogP contribution in [0.15, 0.2) is 47.6 Å². The predicted molar refractivity (Wildman–Crippen MR) is 91.7 cm³/mol. The fraction of sp³-hybridized carbons (Fsp3) is 0.389. The first kappa shape index (κ1) is 16.1. The molecule has 3 heteroatoms. The van der Waals surface area contributed by atoms with E-state index in [2.05, 4.69) is 67.5 Å². The molecule has 1 atom stereocenters. The molecular weight excluding hydrogens is 276 g/mol. The number of benzene rings is 1. The molecule has 2 aromatic rings. The highest BCUT2D eigenvalue weighted by molar-refractivity contribution is 7.98. The van der Waals surface area contributed by atoms with Gasteiger partial charge in [0.05, 0.1) is 5.03 Å². The van der Waals surface area contributed by atoms with Crippen molar-refractivity contribution in [2.75, 3.05) is 6.54 Å². The van der Waals surface area contributed by atoms with Gasteiger partial charge in [0, 0.05) is 18.0 Å². The molecule has 0 aliphatic rings. The minimum atomic E-state index is 0.369. The van der Waals surface area contributed by atoms with E-state index in [1.54, 1.807) is 11.8 Å². The van der Waals surface area contributed by atoms with Gasteiger partial charge in [0.15, 0.2) is 0 Å². The van der Waals surface area contributed by atoms with Crippen LogP contribution < -0.4 is 5.32 Å². The van der Waals surface area contributed by atoms with Gasteiger partial charge in [-0.15, -0.1) is 11.8 Å². The molecule has 0 fully saturated rings. The van der Waals surface area contributed by atoms with Crippen molar-refractivity contribution in [2.24, 2.45) is 0 Å². The van der Waals surface area contributed by atoms with Gasteiger partial charge in [0.1, 0.15) is 0 Å². The molecule has 1 aromatic heterocycles. The van der Waals surface area contributed by atoms with Crippen LogP contribution in [0, 0.1) is 6.92 Å². The van der Waals surface area contributed by atoms with E-state index >= 15 is 0 Å². The third kappa shape index (κ3) is 5.18. The van der Waals surface area contributed by atoms with E-state index in [-0.39, 0.29) is 0 Å². The molecule has 112 valence electrons. The van der Waals surface area contributed by atoms with Gasteiger partial charge in [-0.1, -0.05) is 42.8 Å². The lowest BCUT2D eigenvalue weighted by Crippen LogP contribution is -2.19. The van der Waals surface area contributed by atoms with E-state index in [0.717, 1.165) is 23.7 Å². The zero-order valence-electron chi connectivity index (χ0n) is 13.1. The molecule has 0 aliphatic carbocycles. The number of rotatable bonds is 7. The molecule has 0 spiro atoms. The van der Waals surface area contributed by atoms with E-state index in [9.17, 15) is 0 Å². The summed E-state index contributed by atoms with van der Waals surface area (Å²) in [6.07, 6.45) is 3.15. The Bertz CT molecular complexity index is 551. The molecule has 1 aromatic carbocycles. The van der Waals surface area contributed by atoms with Crippen LogP contribution in [0.3, 0.4) is 0 Å². The van der Waals surface area contributed by atoms with Crippen LogP contribution in [-0.2, 0) is 5.75 Å². The molecule has 0 saturated carbocycles. The fourth-order valence-corrected chi connectivity index (χ4v) is 2.96. The van der Waals surface area contributed by atoms with Gasteiger partial charge < -0.3 is 5.32 Å². The maximum atomic E-state index is 4.57. The van der Waals surface area contributed by atoms with Crippen molar-refractivity contribution < 1.29 is 0 Å². The highest BCUT2D eigenvalue weighted by Gasteiger charge is 2.05. The number of pyridine rings is 1. The van der Waals surface area contributed by atoms with Crippen molar-refractivity contribution in [2.45, 2.75) is 44.0 Å². The second-order valence-electron chi connectivity index (χ2n) is 5.38. The van der Waals surface area contributed by atoms with Crippen molar-refractivity contribution in [3.8, 4) is 0 Å². The summed E-state index contributed by atoms with van der Waals surface area (Å²) in [6, 6.07) is 13.3. The lowest BCUT2D eigenvalue weighted by Gasteiger charge is -2.13. The summed E-state index contributed by atoms with van der Waals surface area (Å²) in [7, 11) is 0. The quantitative estimate of drug-likeness (QED) is 0.747. The van der Waals surface area contributed by atoms with Gasteiger partial charge in [0.2, 0.25) is 0 Å². The minimum absolute atomic E-state index is 0.369. The minimum Gasteiger partial charge on any atom is -0.310 e. The predicted octanol–water partition coefficient (Wildman–Crippen LogP) is 4.74. The molecule has 1 heterocycles. The van der Waals surface area contributed by atoms with Crippen molar-refractivity contribution >= 4 is 11.8 Å². The van der Waals surface area contributed by atoms with Crippen LogP contribution in [0.5, 0.6) is 0 Å². The van der Waals surface area contributed by atoms with E-state index < -0.39 is 0 Å². The fourth-order valence-electron chi connectivity index (χ4n) is 2.17. The van der Waals surface area contributed by atoms with Crippen LogP contribution in [0.2, 0.25) is 0 Å². The number of aryl methyl sites for hydroxylation is 1. The number of nitrogens with zero attached hydrogens (tertiary/aromatic N) is 1. The number of nitrogens with one attached hydrogen (secondary N) is 1. The van der Waals surface area contributed by atoms with Crippen molar-refractivity contribution in [1.82, 2.24) is 10.3 Å². The van der Waals surface area contributed by atoms with E-state index in [1.807, 2.05) is 6.20 Å². The normalized spacial score (nSPS) is 12.3. The monoisotopic (exact) mass is 300 g/mol. The van der Waals surface area contributed by atoms with Crippen molar-refractivity contribution in [3.63, 3.8) is 0 Å². The summed E-state index contributed by atoms with van der Waals surface area (Å²) in [5.41, 5.74) is 3.92. The molecule has 0 bridgehead atoms. The Hall–Kier alpha value is -1.32. The number of hydrogen-bond donors (Lipinski definition) is 1. The van der Waals surface area contributed by atoms with Gasteiger partial charge in [0.25, 0.3) is 0 Å². The number of aromatic nitrogens is 1. The van der Waals surface area contributed by atoms with E-state index in [0.29, 0.717) is 6.04 Å². The molecule has 0 amide bonds. The third-order valence-corrected chi connectivity index (χ3v) is 4.44. The summed E-state index contributed by atoms with van der Waals surface area (Å²) >= 11 is 1.79. The molecule has 0 saturated heterocycles. The lowest BCUT2D eigenvalue weighted by molar-refractivity contribution is 0.568. The summed E-state index contributed by atoms with van der Waals surface area (Å²) in [5.74, 6) is 0.970. The first-order chi connectivity index (χ1) is 10.2. The first-order valence-electron chi connectivity index (χ1n) is 7.56. The molecule has 0 aliphatic heterocycles. The topological polar surface area (TPSA) is 24.9 Å². The van der Waals surface area contributed by atoms with Gasteiger partial charge in [-0.25, -0.2) is 4.98 Å². The maximum Gasteiger partial charge on any atom is 0.0963 e. The Labute approximate surface area is 132 Å². The second kappa shape index (κ2) is 8.20. The summed E-state index contributed by atoms with van der Waals surface area (Å²) < 4.78 is 0. The third-order valence-electron chi connectivity index (χ3n) is 3.43. The molecule has 1 unspecified atom stereocenters. The summed E-state index contributed by atoms with van der Waals surface area (Å²) in [6.45, 7) is 7.55. The molecular formula is C18H24N2S. The van der Waals surface area contributed by atoms with Crippen LogP contribution >= 0.6 is 11.8 Å². The Balaban J connectivity index is 1.90. The standard InChI is InChI=1S/C18H24N2S/c1-4-10-19-15(3)17-8-9-18(20-12-17)21-13-16-7-5-6-14(2)11-16/h5-9,11-12,15,19H,4,10,13H2,1-3H3. The Morgan fingerprint density at radius 1 is 1.24 bits per heavy atom. The largest absolute Gasteiger partial charge is 0.310 e. The van der Waals surface area contributed by atoms with Crippen LogP contribution in [0.1, 0.15) is 43.0 Å². The number of hydrogen-bond acceptors (Lipinski definition) is 3. The van der Waals surface area contributed by atoms with E-state index in [4.69, 9.17) is 0 Å². The molecule has 0 radical (unpaired) electrons. The molecule has 1 N–H and O–H groups in total. The maximum absolute atomic E-state index is 4.57. The van der Waals surface area contributed by atoms with E-state index in [1.165, 1.54) is 16.7 Å². The molecule has 21 heavy (non-hydrogen) atoms. The second-order valence-corrected chi connectivity index (χ2v) is 6.38. The first-order valence-corrected chi connectivity index (χ1v) is 8.55. The van der Waals surface area contributed by atoms with Crippen LogP contribution in [0.4, 0.5) is 0 Å². The van der Waals surface area contributed by atoms with Gasteiger partial charge >= 0.3 is 0 Å². The van der Waals surface area contributed by atoms with Gasteiger partial charge in [-0.3, -0.25) is 0 Å². The van der Waals surface area contributed by atoms with Crippen molar-refractivity contribution in [1.29, 1.82) is 0 Å². The number of thioether (sulfide) groups is 1. The summed E-state index contributed by atoms with van der Waals surface area (Å²) in [5, 5.41) is 4.57. The van der Waals surface area contributed by atoms with Crippen LogP contribution in [0.25, 0.3) is 0 Å². The average molecular weight is 300 g/mol. The molecule has 2 nitrogen and oxygen atoms in total. The smallest absolute Gasteiger partial charge is 0.0963 e. The Kier molecular flexibility index (Phi) is 6.27. The molecule has 2 rings (SSSR count). The average Bonchev–Trinajstić information content (AvgIpc) is 2.51. The zero-order valence-corrected chi connectivity index (χ0v) is 13.9. The SMILES string of the molecule is CCCNC(C)c1ccc(SCc2cccc(C)c2)nc1.